The fraction of sp³-hybridized carbons (Fsp3) is 0.425. The molecule has 1 saturated heterocycles. The average Bonchev–Trinajstić information content (AvgIpc) is 3.63. The Labute approximate surface area is 318 Å². The number of carbonyl (C=O) groups excluding carboxylic acids is 3. The third kappa shape index (κ3) is 8.87. The second kappa shape index (κ2) is 16.8. The van der Waals surface area contributed by atoms with Gasteiger partial charge < -0.3 is 19.7 Å². The summed E-state index contributed by atoms with van der Waals surface area (Å²) in [6, 6.07) is 15.8. The predicted molar refractivity (Wildman–Crippen MR) is 200 cm³/mol. The van der Waals surface area contributed by atoms with Crippen molar-refractivity contribution in [3.8, 4) is 11.5 Å². The standard InChI is InChI=1S/C40H46F3N7O5/c1-47(34-19-21-45-48(34)2)38(52)35-32(37(51)50(35)39(53)46-36(40(41,42)43)29-8-6-5-7-9-29)22-28-18-20-44-33(23-28)49(24-26-10-14-30(54-3)15-11-26)25-27-12-16-31(55-4)17-13-27/h10-21,23,29,32,35-36H,5-9,22,24-25H2,1-4H3,(H,46,53)/t32-,35+,36-/m1/s1. The van der Waals surface area contributed by atoms with Crippen LogP contribution in [0.3, 0.4) is 0 Å². The highest BCUT2D eigenvalue weighted by atomic mass is 19.4. The van der Waals surface area contributed by atoms with Crippen LogP contribution in [0, 0.1) is 11.8 Å². The minimum absolute atomic E-state index is 0.0397. The van der Waals surface area contributed by atoms with Crippen LogP contribution in [0.4, 0.5) is 29.6 Å². The zero-order chi connectivity index (χ0) is 39.3. The number of likely N-dealkylation sites (N-methyl/N-ethyl adjacent to an activating group) is 1. The SMILES string of the molecule is COc1ccc(CN(Cc2ccc(OC)cc2)c2cc(C[C@H]3C(=O)N(C(=O)N[C@H](C4CCCCC4)C(F)(F)F)[C@@H]3C(=O)N(C)c3ccnn3C)ccn2)cc1. The number of imide groups is 1. The number of nitrogens with one attached hydrogen (secondary N) is 1. The molecule has 0 bridgehead atoms. The van der Waals surface area contributed by atoms with Crippen LogP contribution in [0.2, 0.25) is 0 Å². The Morgan fingerprint density at radius 3 is 2.02 bits per heavy atom. The van der Waals surface area contributed by atoms with E-state index < -0.39 is 47.9 Å². The molecule has 292 valence electrons. The van der Waals surface area contributed by atoms with Gasteiger partial charge in [0.15, 0.2) is 0 Å². The van der Waals surface area contributed by atoms with Crippen molar-refractivity contribution in [3.05, 3.63) is 95.8 Å². The fourth-order valence-corrected chi connectivity index (χ4v) is 7.54. The van der Waals surface area contributed by atoms with E-state index in [1.54, 1.807) is 39.6 Å². The summed E-state index contributed by atoms with van der Waals surface area (Å²) in [5.41, 5.74) is 2.65. The number of benzene rings is 2. The van der Waals surface area contributed by atoms with Crippen molar-refractivity contribution in [1.82, 2.24) is 25.0 Å². The Morgan fingerprint density at radius 2 is 1.49 bits per heavy atom. The van der Waals surface area contributed by atoms with Crippen molar-refractivity contribution in [3.63, 3.8) is 0 Å². The highest BCUT2D eigenvalue weighted by Gasteiger charge is 2.57. The fourth-order valence-electron chi connectivity index (χ4n) is 7.54. The zero-order valence-corrected chi connectivity index (χ0v) is 31.3. The summed E-state index contributed by atoms with van der Waals surface area (Å²) in [6.07, 6.45) is 1.12. The Kier molecular flexibility index (Phi) is 12.0. The molecule has 2 aliphatic rings. The third-order valence-electron chi connectivity index (χ3n) is 10.6. The molecule has 12 nitrogen and oxygen atoms in total. The van der Waals surface area contributed by atoms with Crippen molar-refractivity contribution in [2.24, 2.45) is 18.9 Å². The number of amides is 4. The first-order valence-corrected chi connectivity index (χ1v) is 18.3. The number of ether oxygens (including phenoxy) is 2. The molecule has 1 N–H and O–H groups in total. The molecule has 1 aliphatic heterocycles. The van der Waals surface area contributed by atoms with Gasteiger partial charge in [0.25, 0.3) is 5.91 Å². The molecule has 6 rings (SSSR count). The summed E-state index contributed by atoms with van der Waals surface area (Å²) in [7, 11) is 6.32. The number of carbonyl (C=O) groups is 3. The van der Waals surface area contributed by atoms with Gasteiger partial charge in [0.1, 0.15) is 35.2 Å². The molecule has 15 heteroatoms. The van der Waals surface area contributed by atoms with Crippen molar-refractivity contribution in [2.75, 3.05) is 31.1 Å². The highest BCUT2D eigenvalue weighted by Crippen LogP contribution is 2.37. The maximum atomic E-state index is 14.3. The van der Waals surface area contributed by atoms with Gasteiger partial charge in [0.2, 0.25) is 5.91 Å². The Morgan fingerprint density at radius 1 is 0.891 bits per heavy atom. The van der Waals surface area contributed by atoms with E-state index in [9.17, 15) is 27.6 Å². The molecular weight excluding hydrogens is 715 g/mol. The Hall–Kier alpha value is -5.60. The van der Waals surface area contributed by atoms with Crippen molar-refractivity contribution >= 4 is 29.5 Å². The lowest BCUT2D eigenvalue weighted by molar-refractivity contribution is -0.170. The van der Waals surface area contributed by atoms with Gasteiger partial charge in [-0.2, -0.15) is 18.3 Å². The second-order valence-electron chi connectivity index (χ2n) is 14.1. The lowest BCUT2D eigenvalue weighted by Crippen LogP contribution is -2.71. The van der Waals surface area contributed by atoms with E-state index in [2.05, 4.69) is 20.3 Å². The first kappa shape index (κ1) is 39.1. The van der Waals surface area contributed by atoms with E-state index in [1.807, 2.05) is 54.6 Å². The summed E-state index contributed by atoms with van der Waals surface area (Å²) in [6.45, 7) is 0.946. The topological polar surface area (TPSA) is 122 Å². The van der Waals surface area contributed by atoms with Gasteiger partial charge in [-0.15, -0.1) is 0 Å². The number of nitrogens with zero attached hydrogens (tertiary/aromatic N) is 6. The minimum atomic E-state index is -4.73. The number of urea groups is 1. The van der Waals surface area contributed by atoms with Gasteiger partial charge >= 0.3 is 12.2 Å². The first-order valence-electron chi connectivity index (χ1n) is 18.3. The van der Waals surface area contributed by atoms with Crippen LogP contribution < -0.4 is 24.6 Å². The van der Waals surface area contributed by atoms with Crippen LogP contribution >= 0.6 is 0 Å². The summed E-state index contributed by atoms with van der Waals surface area (Å²) in [5.74, 6) is -0.771. The number of halogens is 3. The van der Waals surface area contributed by atoms with Crippen LogP contribution in [0.5, 0.6) is 11.5 Å². The molecule has 1 aliphatic carbocycles. The normalized spacial score (nSPS) is 17.9. The van der Waals surface area contributed by atoms with E-state index in [0.29, 0.717) is 60.9 Å². The Bertz CT molecular complexity index is 1900. The van der Waals surface area contributed by atoms with Gasteiger partial charge in [-0.1, -0.05) is 43.5 Å². The van der Waals surface area contributed by atoms with Gasteiger partial charge in [-0.25, -0.2) is 9.78 Å². The molecule has 1 saturated carbocycles. The number of aromatic nitrogens is 3. The summed E-state index contributed by atoms with van der Waals surface area (Å²) in [5, 5.41) is 6.23. The molecule has 0 radical (unpaired) electrons. The largest absolute Gasteiger partial charge is 0.497 e. The number of anilines is 2. The summed E-state index contributed by atoms with van der Waals surface area (Å²) < 4.78 is 55.2. The van der Waals surface area contributed by atoms with Crippen LogP contribution in [-0.2, 0) is 36.1 Å². The Balaban J connectivity index is 1.28. The zero-order valence-electron chi connectivity index (χ0n) is 31.3. The molecule has 4 aromatic rings. The van der Waals surface area contributed by atoms with Crippen LogP contribution in [0.1, 0.15) is 48.8 Å². The van der Waals surface area contributed by atoms with Gasteiger partial charge in [-0.3, -0.25) is 24.1 Å². The minimum Gasteiger partial charge on any atom is -0.497 e. The monoisotopic (exact) mass is 761 g/mol. The number of pyridine rings is 1. The van der Waals surface area contributed by atoms with E-state index in [0.717, 1.165) is 29.0 Å². The quantitative estimate of drug-likeness (QED) is 0.158. The molecule has 55 heavy (non-hydrogen) atoms. The number of hydrogen-bond acceptors (Lipinski definition) is 8. The molecule has 0 unspecified atom stereocenters. The summed E-state index contributed by atoms with van der Waals surface area (Å²) >= 11 is 0. The summed E-state index contributed by atoms with van der Waals surface area (Å²) in [4.78, 5) is 50.3. The molecular formula is C40H46F3N7O5. The lowest BCUT2D eigenvalue weighted by Gasteiger charge is -2.46. The molecule has 0 spiro atoms. The van der Waals surface area contributed by atoms with E-state index >= 15 is 0 Å². The molecule has 3 atom stereocenters. The maximum Gasteiger partial charge on any atom is 0.408 e. The lowest BCUT2D eigenvalue weighted by atomic mass is 9.81. The predicted octanol–water partition coefficient (Wildman–Crippen LogP) is 6.29. The van der Waals surface area contributed by atoms with Crippen LogP contribution in [0.15, 0.2) is 79.1 Å². The number of likely N-dealkylation sites (tertiary alicyclic amines) is 1. The molecule has 2 aromatic carbocycles. The number of hydrogen-bond donors (Lipinski definition) is 1. The molecule has 2 aromatic heterocycles. The number of alkyl halides is 3. The smallest absolute Gasteiger partial charge is 0.408 e. The number of rotatable bonds is 13. The third-order valence-corrected chi connectivity index (χ3v) is 10.6. The van der Waals surface area contributed by atoms with Gasteiger partial charge in [0, 0.05) is 39.4 Å². The number of β-lactam (4-membered cyclic amide) rings is 1. The van der Waals surface area contributed by atoms with Gasteiger partial charge in [-0.05, 0) is 78.3 Å². The van der Waals surface area contributed by atoms with Crippen LogP contribution in [-0.4, -0.2) is 77.0 Å². The highest BCUT2D eigenvalue weighted by molar-refractivity contribution is 6.12. The molecule has 4 amide bonds. The maximum absolute atomic E-state index is 14.3. The number of aryl methyl sites for hydroxylation is 1. The van der Waals surface area contributed by atoms with E-state index in [1.165, 1.54) is 22.8 Å². The van der Waals surface area contributed by atoms with Crippen LogP contribution in [0.25, 0.3) is 0 Å². The number of methoxy groups -OCH3 is 2. The van der Waals surface area contributed by atoms with Crippen molar-refractivity contribution in [2.45, 2.75) is 69.9 Å². The van der Waals surface area contributed by atoms with E-state index in [-0.39, 0.29) is 6.42 Å². The average molecular weight is 762 g/mol. The molecule has 2 fully saturated rings. The van der Waals surface area contributed by atoms with Crippen molar-refractivity contribution < 1.29 is 37.0 Å². The first-order chi connectivity index (χ1) is 26.4. The molecule has 3 heterocycles. The van der Waals surface area contributed by atoms with Crippen molar-refractivity contribution in [1.29, 1.82) is 0 Å². The van der Waals surface area contributed by atoms with Gasteiger partial charge in [0.05, 0.1) is 26.3 Å². The second-order valence-corrected chi connectivity index (χ2v) is 14.1. The van der Waals surface area contributed by atoms with E-state index in [4.69, 9.17) is 9.47 Å².